The van der Waals surface area contributed by atoms with E-state index >= 15 is 0 Å². The zero-order valence-electron chi connectivity index (χ0n) is 11.1. The lowest BCUT2D eigenvalue weighted by Crippen LogP contribution is -2.44. The molecule has 2 N–H and O–H groups in total. The fourth-order valence-electron chi connectivity index (χ4n) is 2.58. The van der Waals surface area contributed by atoms with Crippen molar-refractivity contribution in [3.8, 4) is 0 Å². The van der Waals surface area contributed by atoms with Gasteiger partial charge in [0.2, 0.25) is 0 Å². The van der Waals surface area contributed by atoms with Gasteiger partial charge in [-0.1, -0.05) is 0 Å². The van der Waals surface area contributed by atoms with Gasteiger partial charge in [-0.25, -0.2) is 8.78 Å². The van der Waals surface area contributed by atoms with Gasteiger partial charge in [0, 0.05) is 18.7 Å². The Morgan fingerprint density at radius 1 is 1.35 bits per heavy atom. The maximum absolute atomic E-state index is 13.7. The van der Waals surface area contributed by atoms with E-state index in [4.69, 9.17) is 5.73 Å². The second-order valence-corrected chi connectivity index (χ2v) is 4.85. The lowest BCUT2D eigenvalue weighted by Gasteiger charge is -2.35. The van der Waals surface area contributed by atoms with Gasteiger partial charge in [-0.15, -0.1) is 12.4 Å². The summed E-state index contributed by atoms with van der Waals surface area (Å²) in [5, 5.41) is 0. The molecule has 1 aromatic rings. The average Bonchev–Trinajstić information content (AvgIpc) is 2.39. The van der Waals surface area contributed by atoms with Crippen LogP contribution in [0.4, 0.5) is 8.78 Å². The first kappa shape index (κ1) is 16.9. The highest BCUT2D eigenvalue weighted by Gasteiger charge is 2.28. The Bertz CT molecular complexity index is 468. The standard InChI is InChI=1S/C14H18F2N2O.ClH/c15-10-4-5-12(13(16)9-10)14(19)18-8-2-1-3-11(18)6-7-17;/h4-5,9,11H,1-3,6-8,17H2;1H. The molecule has 1 unspecified atom stereocenters. The minimum absolute atomic E-state index is 0. The average molecular weight is 305 g/mol. The van der Waals surface area contributed by atoms with E-state index in [0.29, 0.717) is 19.5 Å². The molecule has 1 amide bonds. The van der Waals surface area contributed by atoms with Gasteiger partial charge in [0.1, 0.15) is 11.6 Å². The van der Waals surface area contributed by atoms with Gasteiger partial charge in [-0.05, 0) is 44.4 Å². The Balaban J connectivity index is 0.00000200. The minimum Gasteiger partial charge on any atom is -0.336 e. The quantitative estimate of drug-likeness (QED) is 0.933. The van der Waals surface area contributed by atoms with Crippen LogP contribution in [-0.2, 0) is 0 Å². The van der Waals surface area contributed by atoms with Crippen molar-refractivity contribution in [1.29, 1.82) is 0 Å². The molecule has 1 aromatic carbocycles. The Morgan fingerprint density at radius 2 is 2.10 bits per heavy atom. The number of hydrogen-bond donors (Lipinski definition) is 1. The molecular weight excluding hydrogens is 286 g/mol. The van der Waals surface area contributed by atoms with Gasteiger partial charge >= 0.3 is 0 Å². The predicted molar refractivity (Wildman–Crippen MR) is 76.0 cm³/mol. The van der Waals surface area contributed by atoms with E-state index in [1.165, 1.54) is 6.07 Å². The molecule has 1 fully saturated rings. The SMILES string of the molecule is Cl.NCCC1CCCCN1C(=O)c1ccc(F)cc1F. The maximum Gasteiger partial charge on any atom is 0.257 e. The molecule has 0 radical (unpaired) electrons. The monoisotopic (exact) mass is 304 g/mol. The van der Waals surface area contributed by atoms with E-state index in [9.17, 15) is 13.6 Å². The minimum atomic E-state index is -0.804. The van der Waals surface area contributed by atoms with E-state index < -0.39 is 11.6 Å². The molecule has 1 aliphatic rings. The van der Waals surface area contributed by atoms with Gasteiger partial charge in [-0.3, -0.25) is 4.79 Å². The van der Waals surface area contributed by atoms with Crippen LogP contribution >= 0.6 is 12.4 Å². The van der Waals surface area contributed by atoms with Crippen molar-refractivity contribution < 1.29 is 13.6 Å². The molecule has 0 aliphatic carbocycles. The highest BCUT2D eigenvalue weighted by atomic mass is 35.5. The summed E-state index contributed by atoms with van der Waals surface area (Å²) in [5.74, 6) is -1.84. The zero-order valence-corrected chi connectivity index (χ0v) is 12.0. The summed E-state index contributed by atoms with van der Waals surface area (Å²) in [4.78, 5) is 14.0. The first-order valence-electron chi connectivity index (χ1n) is 6.59. The second kappa shape index (κ2) is 7.55. The number of amides is 1. The molecule has 1 saturated heterocycles. The van der Waals surface area contributed by atoms with E-state index in [1.807, 2.05) is 0 Å². The molecule has 0 spiro atoms. The van der Waals surface area contributed by atoms with Crippen molar-refractivity contribution in [2.75, 3.05) is 13.1 Å². The third-order valence-corrected chi connectivity index (χ3v) is 3.55. The van der Waals surface area contributed by atoms with Crippen LogP contribution in [0.5, 0.6) is 0 Å². The van der Waals surface area contributed by atoms with Crippen molar-refractivity contribution in [3.63, 3.8) is 0 Å². The molecule has 1 heterocycles. The van der Waals surface area contributed by atoms with Gasteiger partial charge in [0.05, 0.1) is 5.56 Å². The summed E-state index contributed by atoms with van der Waals surface area (Å²) in [6.45, 7) is 1.11. The number of nitrogens with two attached hydrogens (primary N) is 1. The summed E-state index contributed by atoms with van der Waals surface area (Å²) >= 11 is 0. The molecule has 1 atom stereocenters. The van der Waals surface area contributed by atoms with Crippen LogP contribution in [0.1, 0.15) is 36.0 Å². The first-order chi connectivity index (χ1) is 9.13. The Kier molecular flexibility index (Phi) is 6.36. The number of nitrogens with zero attached hydrogens (tertiary/aromatic N) is 1. The number of rotatable bonds is 3. The molecule has 6 heteroatoms. The van der Waals surface area contributed by atoms with Gasteiger partial charge in [0.15, 0.2) is 0 Å². The largest absolute Gasteiger partial charge is 0.336 e. The molecule has 0 aromatic heterocycles. The van der Waals surface area contributed by atoms with Crippen LogP contribution < -0.4 is 5.73 Å². The van der Waals surface area contributed by atoms with Gasteiger partial charge < -0.3 is 10.6 Å². The van der Waals surface area contributed by atoms with Crippen molar-refractivity contribution in [2.45, 2.75) is 31.7 Å². The van der Waals surface area contributed by atoms with Crippen molar-refractivity contribution in [2.24, 2.45) is 5.73 Å². The van der Waals surface area contributed by atoms with E-state index in [1.54, 1.807) is 4.90 Å². The number of likely N-dealkylation sites (tertiary alicyclic amines) is 1. The van der Waals surface area contributed by atoms with Crippen molar-refractivity contribution in [1.82, 2.24) is 4.90 Å². The fraction of sp³-hybridized carbons (Fsp3) is 0.500. The second-order valence-electron chi connectivity index (χ2n) is 4.85. The van der Waals surface area contributed by atoms with Crippen LogP contribution in [0.2, 0.25) is 0 Å². The van der Waals surface area contributed by atoms with Crippen molar-refractivity contribution >= 4 is 18.3 Å². The number of piperidine rings is 1. The normalized spacial score (nSPS) is 18.6. The Hall–Kier alpha value is -1.20. The van der Waals surface area contributed by atoms with Crippen LogP contribution in [0, 0.1) is 11.6 Å². The van der Waals surface area contributed by atoms with Crippen LogP contribution in [-0.4, -0.2) is 29.9 Å². The molecule has 0 saturated carbocycles. The van der Waals surface area contributed by atoms with E-state index in [2.05, 4.69) is 0 Å². The third-order valence-electron chi connectivity index (χ3n) is 3.55. The molecule has 3 nitrogen and oxygen atoms in total. The third kappa shape index (κ3) is 3.67. The molecule has 0 bridgehead atoms. The lowest BCUT2D eigenvalue weighted by atomic mass is 9.98. The summed E-state index contributed by atoms with van der Waals surface area (Å²) in [5.41, 5.74) is 5.48. The topological polar surface area (TPSA) is 46.3 Å². The summed E-state index contributed by atoms with van der Waals surface area (Å²) in [7, 11) is 0. The van der Waals surface area contributed by atoms with E-state index in [-0.39, 0.29) is 29.9 Å². The molecule has 1 aliphatic heterocycles. The van der Waals surface area contributed by atoms with E-state index in [0.717, 1.165) is 31.4 Å². The lowest BCUT2D eigenvalue weighted by molar-refractivity contribution is 0.0600. The Morgan fingerprint density at radius 3 is 2.75 bits per heavy atom. The molecule has 20 heavy (non-hydrogen) atoms. The van der Waals surface area contributed by atoms with Crippen LogP contribution in [0.3, 0.4) is 0 Å². The highest BCUT2D eigenvalue weighted by molar-refractivity contribution is 5.94. The molecule has 112 valence electrons. The number of halogens is 3. The fourth-order valence-corrected chi connectivity index (χ4v) is 2.58. The summed E-state index contributed by atoms with van der Waals surface area (Å²) < 4.78 is 26.5. The van der Waals surface area contributed by atoms with Crippen molar-refractivity contribution in [3.05, 3.63) is 35.4 Å². The Labute approximate surface area is 123 Å². The molecular formula is C14H19ClF2N2O. The summed E-state index contributed by atoms with van der Waals surface area (Å²) in [6.07, 6.45) is 3.58. The number of carbonyl (C=O) groups is 1. The van der Waals surface area contributed by atoms with Crippen LogP contribution in [0.15, 0.2) is 18.2 Å². The molecule has 2 rings (SSSR count). The van der Waals surface area contributed by atoms with Gasteiger partial charge in [0.25, 0.3) is 5.91 Å². The number of benzene rings is 1. The highest BCUT2D eigenvalue weighted by Crippen LogP contribution is 2.22. The zero-order chi connectivity index (χ0) is 13.8. The van der Waals surface area contributed by atoms with Crippen LogP contribution in [0.25, 0.3) is 0 Å². The predicted octanol–water partition coefficient (Wildman–Crippen LogP) is 2.73. The first-order valence-corrected chi connectivity index (χ1v) is 6.59. The number of carbonyl (C=O) groups excluding carboxylic acids is 1. The summed E-state index contributed by atoms with van der Waals surface area (Å²) in [6, 6.07) is 3.13. The van der Waals surface area contributed by atoms with Gasteiger partial charge in [-0.2, -0.15) is 0 Å². The smallest absolute Gasteiger partial charge is 0.257 e. The number of hydrogen-bond acceptors (Lipinski definition) is 2. The maximum atomic E-state index is 13.7.